The molecule has 2 rings (SSSR count). The van der Waals surface area contributed by atoms with Gasteiger partial charge in [0.1, 0.15) is 0 Å². The van der Waals surface area contributed by atoms with Crippen molar-refractivity contribution in [1.29, 1.82) is 0 Å². The Balaban J connectivity index is 2.19. The molecule has 0 spiro atoms. The number of amidine groups is 1. The van der Waals surface area contributed by atoms with Crippen LogP contribution in [0.5, 0.6) is 0 Å². The van der Waals surface area contributed by atoms with Gasteiger partial charge in [-0.05, 0) is 12.2 Å². The Kier molecular flexibility index (Phi) is 1.30. The van der Waals surface area contributed by atoms with Crippen LogP contribution in [0.2, 0.25) is 0 Å². The van der Waals surface area contributed by atoms with E-state index in [9.17, 15) is 4.79 Å². The van der Waals surface area contributed by atoms with Crippen molar-refractivity contribution in [2.24, 2.45) is 10.2 Å². The van der Waals surface area contributed by atoms with Crippen molar-refractivity contribution in [2.45, 2.75) is 0 Å². The maximum atomic E-state index is 10.3. The number of hydrogen-bond donors (Lipinski definition) is 2. The molecule has 0 unspecified atom stereocenters. The molecule has 0 aromatic rings. The van der Waals surface area contributed by atoms with Crippen LogP contribution in [0.15, 0.2) is 34.0 Å². The fraction of sp³-hybridized carbons (Fsp3) is 0. The van der Waals surface area contributed by atoms with Crippen molar-refractivity contribution in [3.63, 3.8) is 0 Å². The van der Waals surface area contributed by atoms with Gasteiger partial charge < -0.3 is 5.11 Å². The quantitative estimate of drug-likeness (QED) is 0.546. The van der Waals surface area contributed by atoms with Crippen molar-refractivity contribution >= 4 is 17.6 Å². The summed E-state index contributed by atoms with van der Waals surface area (Å²) in [4.78, 5) is 10.3. The van der Waals surface area contributed by atoms with Gasteiger partial charge >= 0.3 is 6.09 Å². The summed E-state index contributed by atoms with van der Waals surface area (Å²) in [6.07, 6.45) is 4.21. The number of nitrogens with zero attached hydrogens (tertiary/aromatic N) is 2. The summed E-state index contributed by atoms with van der Waals surface area (Å²) in [6.45, 7) is 0. The molecule has 5 nitrogen and oxygen atoms in total. The molecule has 12 heavy (non-hydrogen) atoms. The molecule has 2 N–H and O–H groups in total. The predicted molar refractivity (Wildman–Crippen MR) is 43.3 cm³/mol. The summed E-state index contributed by atoms with van der Waals surface area (Å²) < 4.78 is 0. The number of allylic oxidation sites excluding steroid dienone is 3. The Morgan fingerprint density at radius 2 is 2.33 bits per heavy atom. The number of carboxylic acid groups (broad SMARTS) is 1. The van der Waals surface area contributed by atoms with E-state index in [1.807, 2.05) is 0 Å². The third kappa shape index (κ3) is 0.914. The number of carbonyl (C=O) groups is 1. The molecule has 0 bridgehead atoms. The normalized spacial score (nSPS) is 18.2. The fourth-order valence-corrected chi connectivity index (χ4v) is 1.05. The molecule has 0 atom stereocenters. The lowest BCUT2D eigenvalue weighted by molar-refractivity contribution is 0.200. The minimum atomic E-state index is -1.13. The van der Waals surface area contributed by atoms with Gasteiger partial charge in [0, 0.05) is 5.57 Å². The number of fused-ring (bicyclic) bond motifs is 1. The number of nitrogens with one attached hydrogen (secondary N) is 1. The highest BCUT2D eigenvalue weighted by atomic mass is 16.4. The Morgan fingerprint density at radius 1 is 1.50 bits per heavy atom. The van der Waals surface area contributed by atoms with Gasteiger partial charge in [0.2, 0.25) is 0 Å². The van der Waals surface area contributed by atoms with Crippen molar-refractivity contribution in [1.82, 2.24) is 5.32 Å². The molecule has 60 valence electrons. The highest BCUT2D eigenvalue weighted by molar-refractivity contribution is 6.33. The predicted octanol–water partition coefficient (Wildman–Crippen LogP) is 0.518. The first-order valence-corrected chi connectivity index (χ1v) is 3.32. The van der Waals surface area contributed by atoms with Gasteiger partial charge in [-0.1, -0.05) is 6.08 Å². The van der Waals surface area contributed by atoms with Gasteiger partial charge in [0.05, 0.1) is 5.71 Å². The third-order valence-corrected chi connectivity index (χ3v) is 1.53. The van der Waals surface area contributed by atoms with E-state index in [0.29, 0.717) is 11.5 Å². The monoisotopic (exact) mass is 163 g/mol. The molecular weight excluding hydrogens is 158 g/mol. The average molecular weight is 163 g/mol. The van der Waals surface area contributed by atoms with Crippen LogP contribution in [-0.4, -0.2) is 22.7 Å². The Hall–Kier alpha value is -1.91. The maximum absolute atomic E-state index is 10.3. The van der Waals surface area contributed by atoms with Gasteiger partial charge in [-0.2, -0.15) is 0 Å². The molecule has 5 heteroatoms. The smallest absolute Gasteiger partial charge is 0.410 e. The Labute approximate surface area is 67.8 Å². The van der Waals surface area contributed by atoms with E-state index < -0.39 is 6.09 Å². The van der Waals surface area contributed by atoms with Crippen LogP contribution in [0.3, 0.4) is 0 Å². The lowest BCUT2D eigenvalue weighted by atomic mass is 10.2. The largest absolute Gasteiger partial charge is 0.465 e. The molecule has 0 radical (unpaired) electrons. The molecule has 0 aromatic carbocycles. The van der Waals surface area contributed by atoms with E-state index in [1.165, 1.54) is 0 Å². The molecule has 0 aromatic heterocycles. The first-order chi connectivity index (χ1) is 5.77. The van der Waals surface area contributed by atoms with Crippen LogP contribution < -0.4 is 5.32 Å². The van der Waals surface area contributed by atoms with Crippen molar-refractivity contribution in [3.8, 4) is 0 Å². The van der Waals surface area contributed by atoms with Crippen LogP contribution in [0, 0.1) is 0 Å². The third-order valence-electron chi connectivity index (χ3n) is 1.53. The van der Waals surface area contributed by atoms with Crippen molar-refractivity contribution in [2.75, 3.05) is 0 Å². The van der Waals surface area contributed by atoms with Gasteiger partial charge in [-0.25, -0.2) is 4.79 Å². The average Bonchev–Trinajstić information content (AvgIpc) is 2.52. The molecule has 1 aliphatic carbocycles. The van der Waals surface area contributed by atoms with Gasteiger partial charge in [0.15, 0.2) is 5.84 Å². The topological polar surface area (TPSA) is 74.0 Å². The first-order valence-electron chi connectivity index (χ1n) is 3.32. The van der Waals surface area contributed by atoms with E-state index in [0.717, 1.165) is 5.57 Å². The molecule has 1 aliphatic heterocycles. The van der Waals surface area contributed by atoms with E-state index >= 15 is 0 Å². The summed E-state index contributed by atoms with van der Waals surface area (Å²) in [6, 6.07) is 0. The standard InChI is InChI=1S/C7H5N3O2/c11-7(12)8-6-4-2-1-3-5(4)9-10-6/h1-3H,(H,8,10)(H,11,12). The molecule has 0 saturated heterocycles. The number of rotatable bonds is 0. The van der Waals surface area contributed by atoms with Gasteiger partial charge in [-0.15, -0.1) is 10.2 Å². The summed E-state index contributed by atoms with van der Waals surface area (Å²) in [5, 5.41) is 18.0. The van der Waals surface area contributed by atoms with Crippen LogP contribution in [-0.2, 0) is 0 Å². The van der Waals surface area contributed by atoms with Gasteiger partial charge in [0.25, 0.3) is 0 Å². The van der Waals surface area contributed by atoms with Crippen molar-refractivity contribution in [3.05, 3.63) is 23.8 Å². The molecule has 0 saturated carbocycles. The highest BCUT2D eigenvalue weighted by Crippen LogP contribution is 2.15. The number of amides is 1. The zero-order valence-electron chi connectivity index (χ0n) is 5.98. The summed E-state index contributed by atoms with van der Waals surface area (Å²) in [7, 11) is 0. The highest BCUT2D eigenvalue weighted by Gasteiger charge is 2.21. The molecule has 1 heterocycles. The first kappa shape index (κ1) is 6.78. The summed E-state index contributed by atoms with van der Waals surface area (Å²) >= 11 is 0. The molecule has 1 amide bonds. The van der Waals surface area contributed by atoms with Crippen LogP contribution in [0.25, 0.3) is 0 Å². The lowest BCUT2D eigenvalue weighted by Crippen LogP contribution is -2.29. The van der Waals surface area contributed by atoms with E-state index in [1.54, 1.807) is 18.2 Å². The van der Waals surface area contributed by atoms with E-state index in [2.05, 4.69) is 15.5 Å². The van der Waals surface area contributed by atoms with Crippen LogP contribution in [0.1, 0.15) is 0 Å². The Morgan fingerprint density at radius 3 is 3.08 bits per heavy atom. The lowest BCUT2D eigenvalue weighted by Gasteiger charge is -1.98. The van der Waals surface area contributed by atoms with Crippen LogP contribution in [0.4, 0.5) is 4.79 Å². The van der Waals surface area contributed by atoms with Gasteiger partial charge in [-0.3, -0.25) is 5.32 Å². The minimum absolute atomic E-state index is 0.294. The summed E-state index contributed by atoms with van der Waals surface area (Å²) in [5.74, 6) is 0.294. The minimum Gasteiger partial charge on any atom is -0.465 e. The second kappa shape index (κ2) is 2.30. The van der Waals surface area contributed by atoms with Crippen LogP contribution >= 0.6 is 0 Å². The summed E-state index contributed by atoms with van der Waals surface area (Å²) in [5.41, 5.74) is 1.44. The van der Waals surface area contributed by atoms with Crippen molar-refractivity contribution < 1.29 is 9.90 Å². The zero-order chi connectivity index (χ0) is 8.55. The second-order valence-electron chi connectivity index (χ2n) is 2.30. The molecule has 0 fully saturated rings. The fourth-order valence-electron chi connectivity index (χ4n) is 1.05. The number of hydrogen-bond acceptors (Lipinski definition) is 3. The molecular formula is C7H5N3O2. The zero-order valence-corrected chi connectivity index (χ0v) is 5.98. The Bertz CT molecular complexity index is 363. The molecule has 2 aliphatic rings. The van der Waals surface area contributed by atoms with E-state index in [-0.39, 0.29) is 0 Å². The second-order valence-corrected chi connectivity index (χ2v) is 2.30. The SMILES string of the molecule is O=C(O)NC1=NN=C2C=CC=C21. The maximum Gasteiger partial charge on any atom is 0.410 e. The van der Waals surface area contributed by atoms with E-state index in [4.69, 9.17) is 5.11 Å².